The number of rotatable bonds is 4. The van der Waals surface area contributed by atoms with Crippen LogP contribution in [-0.4, -0.2) is 11.9 Å². The number of hydrogen-bond acceptors (Lipinski definition) is 2. The summed E-state index contributed by atoms with van der Waals surface area (Å²) < 4.78 is 0. The first kappa shape index (κ1) is 12.0. The van der Waals surface area contributed by atoms with E-state index in [-0.39, 0.29) is 11.9 Å². The Morgan fingerprint density at radius 3 is 2.87 bits per heavy atom. The number of allylic oxidation sites excluding steroid dienone is 1. The molecule has 0 bridgehead atoms. The van der Waals surface area contributed by atoms with Gasteiger partial charge in [0.2, 0.25) is 5.91 Å². The largest absolute Gasteiger partial charge is 0.350 e. The number of thiophene rings is 1. The fourth-order valence-corrected chi connectivity index (χ4v) is 2.16. The van der Waals surface area contributed by atoms with Crippen LogP contribution in [-0.2, 0) is 11.2 Å². The lowest BCUT2D eigenvalue weighted by Crippen LogP contribution is -2.32. The monoisotopic (exact) mass is 223 g/mol. The average molecular weight is 223 g/mol. The first-order valence-corrected chi connectivity index (χ1v) is 5.93. The van der Waals surface area contributed by atoms with Crippen LogP contribution < -0.4 is 5.32 Å². The van der Waals surface area contributed by atoms with E-state index in [0.29, 0.717) is 0 Å². The van der Waals surface area contributed by atoms with Gasteiger partial charge in [0.05, 0.1) is 0 Å². The van der Waals surface area contributed by atoms with Crippen molar-refractivity contribution in [2.45, 2.75) is 33.2 Å². The zero-order valence-corrected chi connectivity index (χ0v) is 10.2. The molecule has 1 rings (SSSR count). The van der Waals surface area contributed by atoms with Crippen molar-refractivity contribution in [3.05, 3.63) is 34.0 Å². The van der Waals surface area contributed by atoms with E-state index < -0.39 is 0 Å². The maximum absolute atomic E-state index is 11.4. The van der Waals surface area contributed by atoms with Crippen LogP contribution in [0.25, 0.3) is 0 Å². The van der Waals surface area contributed by atoms with E-state index in [1.165, 1.54) is 4.88 Å². The van der Waals surface area contributed by atoms with Crippen LogP contribution in [0.5, 0.6) is 0 Å². The molecular formula is C12H17NOS. The van der Waals surface area contributed by atoms with Gasteiger partial charge in [0.25, 0.3) is 0 Å². The lowest BCUT2D eigenvalue weighted by molar-refractivity contribution is -0.117. The summed E-state index contributed by atoms with van der Waals surface area (Å²) in [5.74, 6) is -0.000874. The average Bonchev–Trinajstić information content (AvgIpc) is 2.53. The van der Waals surface area contributed by atoms with Gasteiger partial charge in [-0.3, -0.25) is 4.79 Å². The molecule has 1 N–H and O–H groups in total. The van der Waals surface area contributed by atoms with E-state index in [2.05, 4.69) is 16.8 Å². The van der Waals surface area contributed by atoms with E-state index in [9.17, 15) is 4.79 Å². The van der Waals surface area contributed by atoms with Gasteiger partial charge in [0.15, 0.2) is 0 Å². The second kappa shape index (κ2) is 5.71. The van der Waals surface area contributed by atoms with Gasteiger partial charge in [-0.1, -0.05) is 11.6 Å². The molecule has 0 aliphatic carbocycles. The summed E-state index contributed by atoms with van der Waals surface area (Å²) in [5, 5.41) is 5.00. The first-order chi connectivity index (χ1) is 7.08. The minimum atomic E-state index is -0.000874. The van der Waals surface area contributed by atoms with Gasteiger partial charge in [0, 0.05) is 23.4 Å². The molecule has 0 aliphatic rings. The molecule has 3 heteroatoms. The van der Waals surface area contributed by atoms with Crippen molar-refractivity contribution in [3.8, 4) is 0 Å². The van der Waals surface area contributed by atoms with E-state index in [4.69, 9.17) is 0 Å². The minimum Gasteiger partial charge on any atom is -0.350 e. The van der Waals surface area contributed by atoms with Gasteiger partial charge in [0.1, 0.15) is 0 Å². The van der Waals surface area contributed by atoms with Crippen LogP contribution in [0.2, 0.25) is 0 Å². The van der Waals surface area contributed by atoms with Crippen molar-refractivity contribution < 1.29 is 4.79 Å². The Bertz CT molecular complexity index is 337. The molecule has 0 saturated heterocycles. The second-order valence-corrected chi connectivity index (χ2v) is 4.95. The number of nitrogens with one attached hydrogen (secondary N) is 1. The van der Waals surface area contributed by atoms with Crippen LogP contribution in [0.1, 0.15) is 25.6 Å². The fraction of sp³-hybridized carbons (Fsp3) is 0.417. The van der Waals surface area contributed by atoms with Crippen molar-refractivity contribution in [2.75, 3.05) is 0 Å². The topological polar surface area (TPSA) is 29.1 Å². The Kier molecular flexibility index (Phi) is 4.56. The van der Waals surface area contributed by atoms with Crippen molar-refractivity contribution in [2.24, 2.45) is 0 Å². The van der Waals surface area contributed by atoms with E-state index in [1.54, 1.807) is 17.4 Å². The number of hydrogen-bond donors (Lipinski definition) is 1. The highest BCUT2D eigenvalue weighted by Gasteiger charge is 2.06. The molecule has 1 aromatic heterocycles. The summed E-state index contributed by atoms with van der Waals surface area (Å²) in [6.07, 6.45) is 2.53. The van der Waals surface area contributed by atoms with Crippen molar-refractivity contribution >= 4 is 17.2 Å². The zero-order valence-electron chi connectivity index (χ0n) is 9.41. The number of amides is 1. The Labute approximate surface area is 95.0 Å². The number of carbonyl (C=O) groups is 1. The third kappa shape index (κ3) is 4.79. The summed E-state index contributed by atoms with van der Waals surface area (Å²) in [7, 11) is 0. The Morgan fingerprint density at radius 1 is 1.60 bits per heavy atom. The molecule has 0 aliphatic heterocycles. The normalized spacial score (nSPS) is 11.9. The van der Waals surface area contributed by atoms with Crippen molar-refractivity contribution in [1.82, 2.24) is 5.32 Å². The lowest BCUT2D eigenvalue weighted by atomic mass is 10.2. The first-order valence-electron chi connectivity index (χ1n) is 5.05. The van der Waals surface area contributed by atoms with Crippen LogP contribution >= 0.6 is 11.3 Å². The highest BCUT2D eigenvalue weighted by Crippen LogP contribution is 2.10. The third-order valence-electron chi connectivity index (χ3n) is 1.90. The summed E-state index contributed by atoms with van der Waals surface area (Å²) >= 11 is 1.73. The maximum Gasteiger partial charge on any atom is 0.244 e. The molecule has 15 heavy (non-hydrogen) atoms. The van der Waals surface area contributed by atoms with Crippen molar-refractivity contribution in [3.63, 3.8) is 0 Å². The molecule has 1 amide bonds. The molecule has 1 atom stereocenters. The van der Waals surface area contributed by atoms with E-state index in [0.717, 1.165) is 12.0 Å². The number of carbonyl (C=O) groups excluding carboxylic acids is 1. The molecule has 2 nitrogen and oxygen atoms in total. The van der Waals surface area contributed by atoms with E-state index in [1.807, 2.05) is 26.8 Å². The Hall–Kier alpha value is -1.09. The molecule has 0 aromatic carbocycles. The van der Waals surface area contributed by atoms with Gasteiger partial charge in [-0.05, 0) is 32.2 Å². The third-order valence-corrected chi connectivity index (χ3v) is 2.79. The molecular weight excluding hydrogens is 206 g/mol. The zero-order chi connectivity index (χ0) is 11.3. The lowest BCUT2D eigenvalue weighted by Gasteiger charge is -2.11. The Balaban J connectivity index is 2.39. The van der Waals surface area contributed by atoms with Gasteiger partial charge in [-0.25, -0.2) is 0 Å². The quantitative estimate of drug-likeness (QED) is 0.781. The van der Waals surface area contributed by atoms with Gasteiger partial charge < -0.3 is 5.32 Å². The van der Waals surface area contributed by atoms with Crippen LogP contribution in [0.15, 0.2) is 29.2 Å². The van der Waals surface area contributed by atoms with E-state index >= 15 is 0 Å². The fourth-order valence-electron chi connectivity index (χ4n) is 1.33. The molecule has 0 radical (unpaired) electrons. The highest BCUT2D eigenvalue weighted by atomic mass is 32.1. The molecule has 1 unspecified atom stereocenters. The van der Waals surface area contributed by atoms with Crippen molar-refractivity contribution in [1.29, 1.82) is 0 Å². The molecule has 82 valence electrons. The van der Waals surface area contributed by atoms with Gasteiger partial charge in [-0.2, -0.15) is 0 Å². The van der Waals surface area contributed by atoms with Gasteiger partial charge in [-0.15, -0.1) is 11.3 Å². The molecule has 1 aromatic rings. The second-order valence-electron chi connectivity index (χ2n) is 3.91. The summed E-state index contributed by atoms with van der Waals surface area (Å²) in [4.78, 5) is 12.7. The highest BCUT2D eigenvalue weighted by molar-refractivity contribution is 7.09. The maximum atomic E-state index is 11.4. The predicted molar refractivity (Wildman–Crippen MR) is 65.1 cm³/mol. The van der Waals surface area contributed by atoms with Crippen LogP contribution in [0, 0.1) is 0 Å². The summed E-state index contributed by atoms with van der Waals surface area (Å²) in [6, 6.07) is 4.31. The molecule has 1 heterocycles. The molecule has 0 fully saturated rings. The van der Waals surface area contributed by atoms with Crippen LogP contribution in [0.3, 0.4) is 0 Å². The SMILES string of the molecule is CC(C)=CC(=O)NC(C)Cc1cccs1. The smallest absolute Gasteiger partial charge is 0.244 e. The molecule has 0 spiro atoms. The minimum absolute atomic E-state index is 0.000874. The standard InChI is InChI=1S/C12H17NOS/c1-9(2)7-12(14)13-10(3)8-11-5-4-6-15-11/h4-7,10H,8H2,1-3H3,(H,13,14). The summed E-state index contributed by atoms with van der Waals surface area (Å²) in [5.41, 5.74) is 1.02. The Morgan fingerprint density at radius 2 is 2.33 bits per heavy atom. The summed E-state index contributed by atoms with van der Waals surface area (Å²) in [6.45, 7) is 5.86. The predicted octanol–water partition coefficient (Wildman–Crippen LogP) is 2.76. The molecule has 0 saturated carbocycles. The van der Waals surface area contributed by atoms with Crippen LogP contribution in [0.4, 0.5) is 0 Å². The van der Waals surface area contributed by atoms with Gasteiger partial charge >= 0.3 is 0 Å².